The highest BCUT2D eigenvalue weighted by Gasteiger charge is 2.39. The number of fused-ring (bicyclic) bond motifs is 1. The van der Waals surface area contributed by atoms with Crippen LogP contribution in [0.25, 0.3) is 11.3 Å². The van der Waals surface area contributed by atoms with Gasteiger partial charge in [0, 0.05) is 17.8 Å². The highest BCUT2D eigenvalue weighted by Crippen LogP contribution is 2.40. The Bertz CT molecular complexity index is 1460. The van der Waals surface area contributed by atoms with E-state index in [-0.39, 0.29) is 12.5 Å². The minimum absolute atomic E-state index is 0.124. The van der Waals surface area contributed by atoms with Crippen LogP contribution in [0.1, 0.15) is 16.7 Å². The number of carboxylic acids is 1. The number of hydrogen-bond donors (Lipinski definition) is 4. The average molecular weight is 571 g/mol. The number of hydrogen-bond acceptors (Lipinski definition) is 7. The van der Waals surface area contributed by atoms with Crippen molar-refractivity contribution in [3.8, 4) is 0 Å². The van der Waals surface area contributed by atoms with Crippen molar-refractivity contribution in [1.29, 1.82) is 0 Å². The van der Waals surface area contributed by atoms with E-state index in [1.54, 1.807) is 18.2 Å². The van der Waals surface area contributed by atoms with Crippen LogP contribution in [-0.2, 0) is 25.7 Å². The van der Waals surface area contributed by atoms with Crippen LogP contribution in [0.3, 0.4) is 0 Å². The minimum atomic E-state index is -5.08. The van der Waals surface area contributed by atoms with Crippen molar-refractivity contribution in [2.45, 2.75) is 12.7 Å². The van der Waals surface area contributed by atoms with Gasteiger partial charge in [-0.2, -0.15) is 13.2 Å². The zero-order valence-corrected chi connectivity index (χ0v) is 21.6. The van der Waals surface area contributed by atoms with Crippen LogP contribution >= 0.6 is 0 Å². The first-order chi connectivity index (χ1) is 19.4. The number of para-hydroxylation sites is 1. The van der Waals surface area contributed by atoms with Crippen molar-refractivity contribution < 1.29 is 42.2 Å². The molecule has 0 aromatic heterocycles. The number of amides is 3. The first kappa shape index (κ1) is 30.4. The predicted molar refractivity (Wildman–Crippen MR) is 144 cm³/mol. The van der Waals surface area contributed by atoms with Gasteiger partial charge >= 0.3 is 24.1 Å². The number of urea groups is 1. The van der Waals surface area contributed by atoms with Gasteiger partial charge in [0.05, 0.1) is 30.6 Å². The molecule has 214 valence electrons. The molecular weight excluding hydrogens is 545 g/mol. The van der Waals surface area contributed by atoms with Crippen LogP contribution in [0.5, 0.6) is 0 Å². The summed E-state index contributed by atoms with van der Waals surface area (Å²) in [4.78, 5) is 46.6. The number of nitrogens with zero attached hydrogens (tertiary/aromatic N) is 1. The molecule has 0 spiro atoms. The lowest BCUT2D eigenvalue weighted by atomic mass is 10.00. The van der Waals surface area contributed by atoms with E-state index in [1.807, 2.05) is 60.7 Å². The largest absolute Gasteiger partial charge is 0.490 e. The molecule has 0 fully saturated rings. The lowest BCUT2D eigenvalue weighted by molar-refractivity contribution is -0.192. The number of aliphatic carboxylic acids is 1. The van der Waals surface area contributed by atoms with Crippen molar-refractivity contribution in [2.75, 3.05) is 23.9 Å². The summed E-state index contributed by atoms with van der Waals surface area (Å²) in [6.45, 7) is 0.625. The summed E-state index contributed by atoms with van der Waals surface area (Å²) < 4.78 is 36.4. The molecule has 0 unspecified atom stereocenters. The molecule has 3 aromatic rings. The van der Waals surface area contributed by atoms with E-state index < -0.39 is 24.1 Å². The highest BCUT2D eigenvalue weighted by atomic mass is 19.4. The van der Waals surface area contributed by atoms with E-state index in [2.05, 4.69) is 15.4 Å². The number of halogens is 3. The predicted octanol–water partition coefficient (Wildman–Crippen LogP) is 3.99. The third-order valence-electron chi connectivity index (χ3n) is 5.66. The number of primary amides is 1. The Morgan fingerprint density at radius 2 is 1.54 bits per heavy atom. The van der Waals surface area contributed by atoms with Gasteiger partial charge in [-0.3, -0.25) is 9.59 Å². The Morgan fingerprint density at radius 1 is 0.951 bits per heavy atom. The number of carboxylic acid groups (broad SMARTS) is 1. The third kappa shape index (κ3) is 7.70. The van der Waals surface area contributed by atoms with Crippen molar-refractivity contribution in [3.05, 3.63) is 95.6 Å². The summed E-state index contributed by atoms with van der Waals surface area (Å²) >= 11 is 0. The summed E-state index contributed by atoms with van der Waals surface area (Å²) in [5.41, 5.74) is 10.1. The maximum absolute atomic E-state index is 13.3. The molecule has 0 bridgehead atoms. The van der Waals surface area contributed by atoms with Crippen molar-refractivity contribution in [1.82, 2.24) is 5.32 Å². The van der Waals surface area contributed by atoms with Gasteiger partial charge in [0.1, 0.15) is 0 Å². The number of nitrogens with one attached hydrogen (secondary N) is 2. The Morgan fingerprint density at radius 3 is 2.10 bits per heavy atom. The van der Waals surface area contributed by atoms with Crippen LogP contribution in [0.15, 0.2) is 78.9 Å². The second kappa shape index (κ2) is 13.3. The molecule has 3 amide bonds. The summed E-state index contributed by atoms with van der Waals surface area (Å²) in [6, 6.07) is 23.3. The molecule has 0 saturated heterocycles. The first-order valence-electron chi connectivity index (χ1n) is 11.9. The number of imide groups is 1. The van der Waals surface area contributed by atoms with Gasteiger partial charge in [-0.05, 0) is 29.3 Å². The number of ether oxygens (including phenoxy) is 1. The van der Waals surface area contributed by atoms with E-state index in [9.17, 15) is 27.6 Å². The quantitative estimate of drug-likeness (QED) is 0.246. The fraction of sp³-hybridized carbons (Fsp3) is 0.143. The van der Waals surface area contributed by atoms with E-state index in [0.29, 0.717) is 29.1 Å². The Kier molecular flexibility index (Phi) is 9.82. The van der Waals surface area contributed by atoms with Crippen LogP contribution < -0.4 is 21.3 Å². The number of carbonyl (C=O) groups is 4. The topological polar surface area (TPSA) is 151 Å². The number of anilines is 2. The molecule has 0 saturated carbocycles. The molecule has 4 rings (SSSR count). The van der Waals surface area contributed by atoms with Gasteiger partial charge < -0.3 is 26.2 Å². The second-order valence-corrected chi connectivity index (χ2v) is 8.42. The average Bonchev–Trinajstić information content (AvgIpc) is 3.24. The van der Waals surface area contributed by atoms with Crippen molar-refractivity contribution in [3.63, 3.8) is 0 Å². The first-order valence-corrected chi connectivity index (χ1v) is 11.9. The Labute approximate surface area is 232 Å². The summed E-state index contributed by atoms with van der Waals surface area (Å²) in [6.07, 6.45) is -5.08. The van der Waals surface area contributed by atoms with Gasteiger partial charge in [-0.1, -0.05) is 60.7 Å². The molecule has 5 N–H and O–H groups in total. The normalized spacial score (nSPS) is 13.5. The number of alkyl halides is 3. The lowest BCUT2D eigenvalue weighted by Crippen LogP contribution is -2.38. The maximum Gasteiger partial charge on any atom is 0.490 e. The van der Waals surface area contributed by atoms with E-state index in [1.165, 1.54) is 7.11 Å². The minimum Gasteiger partial charge on any atom is -0.475 e. The number of methoxy groups -OCH3 is 1. The highest BCUT2D eigenvalue weighted by molar-refractivity contribution is 6.43. The third-order valence-corrected chi connectivity index (χ3v) is 5.66. The molecule has 41 heavy (non-hydrogen) atoms. The SMILES string of the molecule is COC(=O)CNCc1ccc(N/C(=C2\C(=O)N(C(N)=O)c3ccccc32)c2ccccc2)cc1.O=C(O)C(F)(F)F. The molecule has 0 radical (unpaired) electrons. The molecule has 10 nitrogen and oxygen atoms in total. The van der Waals surface area contributed by atoms with Gasteiger partial charge in [0.25, 0.3) is 5.91 Å². The summed E-state index contributed by atoms with van der Waals surface area (Å²) in [5.74, 6) is -3.57. The molecule has 1 aliphatic rings. The number of carbonyl (C=O) groups excluding carboxylic acids is 3. The fourth-order valence-corrected chi connectivity index (χ4v) is 3.79. The Hall–Kier alpha value is -5.17. The number of esters is 1. The molecule has 1 heterocycles. The second-order valence-electron chi connectivity index (χ2n) is 8.42. The van der Waals surface area contributed by atoms with Crippen LogP contribution in [0.4, 0.5) is 29.3 Å². The van der Waals surface area contributed by atoms with Crippen molar-refractivity contribution >= 4 is 46.5 Å². The van der Waals surface area contributed by atoms with E-state index in [4.69, 9.17) is 15.6 Å². The van der Waals surface area contributed by atoms with Gasteiger partial charge in [0.2, 0.25) is 0 Å². The zero-order valence-electron chi connectivity index (χ0n) is 21.6. The molecule has 1 aliphatic heterocycles. The lowest BCUT2D eigenvalue weighted by Gasteiger charge is -2.16. The van der Waals surface area contributed by atoms with Crippen LogP contribution in [-0.4, -0.2) is 48.8 Å². The van der Waals surface area contributed by atoms with Gasteiger partial charge in [0.15, 0.2) is 0 Å². The number of benzene rings is 3. The summed E-state index contributed by atoms with van der Waals surface area (Å²) in [7, 11) is 1.35. The standard InChI is InChI=1S/C26H24N4O4.C2HF3O2/c1-34-22(31)16-28-15-17-11-13-19(14-12-17)29-24(18-7-3-2-4-8-18)23-20-9-5-6-10-21(20)30(25(23)32)26(27)33;3-2(4,5)1(6)7/h2-14,28-29H,15-16H2,1H3,(H2,27,33);(H,6,7)/b24-23-;. The molecule has 0 atom stereocenters. The van der Waals surface area contributed by atoms with E-state index in [0.717, 1.165) is 21.7 Å². The number of rotatable bonds is 7. The zero-order chi connectivity index (χ0) is 30.2. The van der Waals surface area contributed by atoms with Gasteiger partial charge in [-0.15, -0.1) is 0 Å². The van der Waals surface area contributed by atoms with Crippen LogP contribution in [0, 0.1) is 0 Å². The summed E-state index contributed by atoms with van der Waals surface area (Å²) in [5, 5.41) is 13.5. The molecule has 0 aliphatic carbocycles. The molecular formula is C28H25F3N4O6. The molecule has 3 aromatic carbocycles. The van der Waals surface area contributed by atoms with Crippen molar-refractivity contribution in [2.24, 2.45) is 5.73 Å². The number of nitrogens with two attached hydrogens (primary N) is 1. The molecule has 13 heteroatoms. The van der Waals surface area contributed by atoms with E-state index >= 15 is 0 Å². The van der Waals surface area contributed by atoms with Crippen LogP contribution in [0.2, 0.25) is 0 Å². The maximum atomic E-state index is 13.3. The Balaban J connectivity index is 0.000000587. The van der Waals surface area contributed by atoms with Gasteiger partial charge in [-0.25, -0.2) is 14.5 Å². The fourth-order valence-electron chi connectivity index (χ4n) is 3.79. The smallest absolute Gasteiger partial charge is 0.475 e. The monoisotopic (exact) mass is 570 g/mol.